The summed E-state index contributed by atoms with van der Waals surface area (Å²) >= 11 is 0. The van der Waals surface area contributed by atoms with Crippen molar-refractivity contribution in [2.45, 2.75) is 11.3 Å². The maximum atomic E-state index is 12.4. The Bertz CT molecular complexity index is 577. The Kier molecular flexibility index (Phi) is 5.34. The fourth-order valence-corrected chi connectivity index (χ4v) is 3.37. The number of carbonyl (C=O) groups excluding carboxylic acids is 1. The van der Waals surface area contributed by atoms with E-state index in [1.165, 1.54) is 16.6 Å². The van der Waals surface area contributed by atoms with Crippen molar-refractivity contribution in [3.8, 4) is 0 Å². The molecule has 2 rings (SSSR count). The highest BCUT2D eigenvalue weighted by molar-refractivity contribution is 7.89. The van der Waals surface area contributed by atoms with Crippen molar-refractivity contribution >= 4 is 15.9 Å². The van der Waals surface area contributed by atoms with Crippen molar-refractivity contribution in [3.05, 3.63) is 18.0 Å². The average molecular weight is 317 g/mol. The second-order valence-electron chi connectivity index (χ2n) is 4.60. The van der Waals surface area contributed by atoms with Gasteiger partial charge in [0.2, 0.25) is 10.0 Å². The first-order chi connectivity index (χ1) is 10.1. The van der Waals surface area contributed by atoms with Gasteiger partial charge in [-0.2, -0.15) is 4.31 Å². The van der Waals surface area contributed by atoms with Gasteiger partial charge in [-0.25, -0.2) is 8.42 Å². The van der Waals surface area contributed by atoms with Crippen LogP contribution in [0.15, 0.2) is 17.2 Å². The first-order valence-electron chi connectivity index (χ1n) is 6.71. The minimum absolute atomic E-state index is 0.0122. The topological polar surface area (TPSA) is 112 Å². The number of H-pyrrole nitrogens is 1. The van der Waals surface area contributed by atoms with Crippen molar-refractivity contribution in [1.82, 2.24) is 14.6 Å². The maximum Gasteiger partial charge on any atom is 0.267 e. The number of hydrogen-bond donors (Lipinski definition) is 3. The third-order valence-electron chi connectivity index (χ3n) is 3.13. The molecule has 8 nitrogen and oxygen atoms in total. The van der Waals surface area contributed by atoms with E-state index >= 15 is 0 Å². The fourth-order valence-electron chi connectivity index (χ4n) is 1.97. The number of aliphatic hydroxyl groups excluding tert-OH is 1. The minimum atomic E-state index is -3.60. The van der Waals surface area contributed by atoms with Crippen molar-refractivity contribution in [2.75, 3.05) is 39.5 Å². The number of aromatic nitrogens is 1. The van der Waals surface area contributed by atoms with Gasteiger partial charge in [0.15, 0.2) is 0 Å². The normalized spacial score (nSPS) is 16.8. The van der Waals surface area contributed by atoms with Gasteiger partial charge in [-0.3, -0.25) is 4.79 Å². The van der Waals surface area contributed by atoms with Crippen LogP contribution in [-0.2, 0) is 14.8 Å². The Morgan fingerprint density at radius 2 is 2.14 bits per heavy atom. The summed E-state index contributed by atoms with van der Waals surface area (Å²) in [5.41, 5.74) is 0.180. The highest BCUT2D eigenvalue weighted by Crippen LogP contribution is 2.17. The molecule has 1 aliphatic heterocycles. The molecule has 0 aromatic carbocycles. The number of aliphatic hydroxyl groups is 1. The summed E-state index contributed by atoms with van der Waals surface area (Å²) in [6, 6.07) is 1.32. The third kappa shape index (κ3) is 3.82. The third-order valence-corrected chi connectivity index (χ3v) is 5.01. The zero-order valence-electron chi connectivity index (χ0n) is 11.5. The molecule has 2 heterocycles. The summed E-state index contributed by atoms with van der Waals surface area (Å²) < 4.78 is 31.2. The molecule has 118 valence electrons. The molecule has 1 aromatic rings. The van der Waals surface area contributed by atoms with Crippen LogP contribution in [0, 0.1) is 0 Å². The molecule has 0 saturated carbocycles. The Balaban J connectivity index is 2.06. The standard InChI is InChI=1S/C12H19N3O5S/c16-5-1-2-13-12(17)11-8-10(9-14-11)21(18,19)15-3-6-20-7-4-15/h8-9,14,16H,1-7H2,(H,13,17). The van der Waals surface area contributed by atoms with Gasteiger partial charge in [0, 0.05) is 32.4 Å². The molecule has 1 aliphatic rings. The summed E-state index contributed by atoms with van der Waals surface area (Å²) in [6.45, 7) is 1.69. The minimum Gasteiger partial charge on any atom is -0.396 e. The van der Waals surface area contributed by atoms with Crippen molar-refractivity contribution in [2.24, 2.45) is 0 Å². The lowest BCUT2D eigenvalue weighted by Gasteiger charge is -2.25. The van der Waals surface area contributed by atoms with Crippen molar-refractivity contribution in [3.63, 3.8) is 0 Å². The zero-order valence-corrected chi connectivity index (χ0v) is 12.4. The van der Waals surface area contributed by atoms with E-state index in [1.807, 2.05) is 0 Å². The predicted octanol–water partition coefficient (Wildman–Crippen LogP) is -0.852. The van der Waals surface area contributed by atoms with E-state index in [1.54, 1.807) is 0 Å². The van der Waals surface area contributed by atoms with Gasteiger partial charge < -0.3 is 20.1 Å². The number of nitrogens with one attached hydrogen (secondary N) is 2. The van der Waals surface area contributed by atoms with E-state index < -0.39 is 15.9 Å². The van der Waals surface area contributed by atoms with Crippen LogP contribution in [0.1, 0.15) is 16.9 Å². The SMILES string of the molecule is O=C(NCCCO)c1cc(S(=O)(=O)N2CCOCC2)c[nH]1. The van der Waals surface area contributed by atoms with Gasteiger partial charge in [0.25, 0.3) is 5.91 Å². The van der Waals surface area contributed by atoms with Gasteiger partial charge in [-0.15, -0.1) is 0 Å². The number of aromatic amines is 1. The quantitative estimate of drug-likeness (QED) is 0.592. The van der Waals surface area contributed by atoms with E-state index in [9.17, 15) is 13.2 Å². The molecule has 0 spiro atoms. The summed E-state index contributed by atoms with van der Waals surface area (Å²) in [4.78, 5) is 14.5. The van der Waals surface area contributed by atoms with E-state index in [2.05, 4.69) is 10.3 Å². The van der Waals surface area contributed by atoms with Crippen LogP contribution in [0.3, 0.4) is 0 Å². The molecule has 21 heavy (non-hydrogen) atoms. The van der Waals surface area contributed by atoms with E-state index in [0.29, 0.717) is 39.3 Å². The van der Waals surface area contributed by atoms with Crippen LogP contribution in [0.25, 0.3) is 0 Å². The molecule has 1 aromatic heterocycles. The van der Waals surface area contributed by atoms with Gasteiger partial charge in [-0.1, -0.05) is 0 Å². The number of sulfonamides is 1. The molecule has 0 unspecified atom stereocenters. The van der Waals surface area contributed by atoms with Crippen LogP contribution in [0.2, 0.25) is 0 Å². The van der Waals surface area contributed by atoms with Crippen molar-refractivity contribution in [1.29, 1.82) is 0 Å². The Morgan fingerprint density at radius 1 is 1.43 bits per heavy atom. The molecular weight excluding hydrogens is 298 g/mol. The smallest absolute Gasteiger partial charge is 0.267 e. The molecule has 3 N–H and O–H groups in total. The number of nitrogens with zero attached hydrogens (tertiary/aromatic N) is 1. The second kappa shape index (κ2) is 7.03. The maximum absolute atomic E-state index is 12.4. The lowest BCUT2D eigenvalue weighted by atomic mass is 10.4. The van der Waals surface area contributed by atoms with Crippen LogP contribution >= 0.6 is 0 Å². The lowest BCUT2D eigenvalue weighted by molar-refractivity contribution is 0.0730. The van der Waals surface area contributed by atoms with Crippen LogP contribution in [0.4, 0.5) is 0 Å². The van der Waals surface area contributed by atoms with Gasteiger partial charge in [0.1, 0.15) is 10.6 Å². The Morgan fingerprint density at radius 3 is 2.81 bits per heavy atom. The summed E-state index contributed by atoms with van der Waals surface area (Å²) in [6.07, 6.45) is 1.76. The molecule has 1 amide bonds. The van der Waals surface area contributed by atoms with E-state index in [4.69, 9.17) is 9.84 Å². The predicted molar refractivity (Wildman–Crippen MR) is 74.4 cm³/mol. The molecule has 1 saturated heterocycles. The first-order valence-corrected chi connectivity index (χ1v) is 8.15. The fraction of sp³-hybridized carbons (Fsp3) is 0.583. The molecule has 0 aliphatic carbocycles. The van der Waals surface area contributed by atoms with Crippen LogP contribution in [-0.4, -0.2) is 68.2 Å². The largest absolute Gasteiger partial charge is 0.396 e. The van der Waals surface area contributed by atoms with Crippen LogP contribution < -0.4 is 5.32 Å². The average Bonchev–Trinajstić information content (AvgIpc) is 2.99. The number of ether oxygens (including phenoxy) is 1. The van der Waals surface area contributed by atoms with Gasteiger partial charge in [-0.05, 0) is 12.5 Å². The molecule has 0 radical (unpaired) electrons. The highest BCUT2D eigenvalue weighted by Gasteiger charge is 2.27. The molecule has 0 atom stereocenters. The highest BCUT2D eigenvalue weighted by atomic mass is 32.2. The van der Waals surface area contributed by atoms with Gasteiger partial charge >= 0.3 is 0 Å². The molecule has 1 fully saturated rings. The monoisotopic (exact) mass is 317 g/mol. The van der Waals surface area contributed by atoms with E-state index in [-0.39, 0.29) is 17.2 Å². The summed E-state index contributed by atoms with van der Waals surface area (Å²) in [5, 5.41) is 11.2. The molecule has 9 heteroatoms. The number of hydrogen-bond acceptors (Lipinski definition) is 5. The summed E-state index contributed by atoms with van der Waals surface area (Å²) in [7, 11) is -3.60. The number of carbonyl (C=O) groups is 1. The van der Waals surface area contributed by atoms with Crippen LogP contribution in [0.5, 0.6) is 0 Å². The van der Waals surface area contributed by atoms with Gasteiger partial charge in [0.05, 0.1) is 13.2 Å². The zero-order chi connectivity index (χ0) is 15.3. The lowest BCUT2D eigenvalue weighted by Crippen LogP contribution is -2.40. The van der Waals surface area contributed by atoms with E-state index in [0.717, 1.165) is 0 Å². The number of morpholine rings is 1. The first kappa shape index (κ1) is 16.0. The number of rotatable bonds is 6. The summed E-state index contributed by atoms with van der Waals surface area (Å²) in [5.74, 6) is -0.396. The second-order valence-corrected chi connectivity index (χ2v) is 6.54. The Hall–Kier alpha value is -1.42. The van der Waals surface area contributed by atoms with Crippen molar-refractivity contribution < 1.29 is 23.1 Å². The number of amides is 1. The molecular formula is C12H19N3O5S. The Labute approximate surface area is 123 Å². The molecule has 0 bridgehead atoms.